The predicted octanol–water partition coefficient (Wildman–Crippen LogP) is 2.42. The molecule has 1 unspecified atom stereocenters. The zero-order chi connectivity index (χ0) is 16.3. The van der Waals surface area contributed by atoms with Gasteiger partial charge in [0.15, 0.2) is 0 Å². The second kappa shape index (κ2) is 6.69. The number of amides is 1. The molecule has 1 amide bonds. The molecule has 6 heteroatoms. The van der Waals surface area contributed by atoms with E-state index < -0.39 is 5.60 Å². The van der Waals surface area contributed by atoms with Crippen LogP contribution < -0.4 is 5.32 Å². The molecule has 0 aromatic carbocycles. The Morgan fingerprint density at radius 3 is 2.86 bits per heavy atom. The van der Waals surface area contributed by atoms with Crippen LogP contribution in [0.2, 0.25) is 0 Å². The first-order chi connectivity index (χ1) is 10.3. The van der Waals surface area contributed by atoms with Gasteiger partial charge in [-0.3, -0.25) is 9.58 Å². The van der Waals surface area contributed by atoms with Crippen LogP contribution in [0.3, 0.4) is 0 Å². The third-order valence-electron chi connectivity index (χ3n) is 3.43. The molecular weight excluding hydrogens is 280 g/mol. The van der Waals surface area contributed by atoms with Crippen LogP contribution in [0.4, 0.5) is 4.79 Å². The van der Waals surface area contributed by atoms with Crippen LogP contribution in [0.15, 0.2) is 12.3 Å². The van der Waals surface area contributed by atoms with Gasteiger partial charge in [-0.1, -0.05) is 13.8 Å². The molecule has 1 saturated heterocycles. The van der Waals surface area contributed by atoms with Crippen molar-refractivity contribution in [2.45, 2.75) is 52.8 Å². The first-order valence-electron chi connectivity index (χ1n) is 8.00. The molecule has 22 heavy (non-hydrogen) atoms. The normalized spacial score (nSPS) is 19.5. The number of hydrogen-bond acceptors (Lipinski definition) is 4. The Labute approximate surface area is 132 Å². The third-order valence-corrected chi connectivity index (χ3v) is 3.43. The molecule has 1 aliphatic rings. The molecule has 0 spiro atoms. The van der Waals surface area contributed by atoms with E-state index >= 15 is 0 Å². The van der Waals surface area contributed by atoms with Crippen LogP contribution >= 0.6 is 0 Å². The lowest BCUT2D eigenvalue weighted by Gasteiger charge is -2.36. The minimum atomic E-state index is -0.483. The Bertz CT molecular complexity index is 504. The van der Waals surface area contributed by atoms with Gasteiger partial charge in [-0.05, 0) is 32.8 Å². The minimum absolute atomic E-state index is 0.0722. The monoisotopic (exact) mass is 308 g/mol. The molecule has 2 heterocycles. The first-order valence-corrected chi connectivity index (χ1v) is 8.00. The average molecular weight is 308 g/mol. The van der Waals surface area contributed by atoms with Crippen molar-refractivity contribution in [2.24, 2.45) is 5.92 Å². The van der Waals surface area contributed by atoms with Crippen molar-refractivity contribution in [3.8, 4) is 0 Å². The largest absolute Gasteiger partial charge is 0.444 e. The SMILES string of the molecule is CC(C)Cn1ccc(C2CNCCN2C(=O)OC(C)(C)C)n1. The highest BCUT2D eigenvalue weighted by molar-refractivity contribution is 5.69. The standard InChI is InChI=1S/C16H28N4O2/c1-12(2)11-19-8-6-13(18-19)14-10-17-7-9-20(14)15(21)22-16(3,4)5/h6,8,12,14,17H,7,9-11H2,1-5H3. The molecule has 1 aromatic rings. The fraction of sp³-hybridized carbons (Fsp3) is 0.750. The fourth-order valence-electron chi connectivity index (χ4n) is 2.54. The van der Waals surface area contributed by atoms with Gasteiger partial charge >= 0.3 is 6.09 Å². The molecular formula is C16H28N4O2. The van der Waals surface area contributed by atoms with Gasteiger partial charge in [-0.25, -0.2) is 4.79 Å². The summed E-state index contributed by atoms with van der Waals surface area (Å²) >= 11 is 0. The van der Waals surface area contributed by atoms with Crippen molar-refractivity contribution in [3.63, 3.8) is 0 Å². The van der Waals surface area contributed by atoms with Crippen molar-refractivity contribution < 1.29 is 9.53 Å². The highest BCUT2D eigenvalue weighted by Gasteiger charge is 2.32. The number of ether oxygens (including phenoxy) is 1. The van der Waals surface area contributed by atoms with Crippen LogP contribution in [0, 0.1) is 5.92 Å². The van der Waals surface area contributed by atoms with Crippen LogP contribution in [0.5, 0.6) is 0 Å². The van der Waals surface area contributed by atoms with Gasteiger partial charge in [0.25, 0.3) is 0 Å². The summed E-state index contributed by atoms with van der Waals surface area (Å²) in [5.74, 6) is 0.541. The van der Waals surface area contributed by atoms with Crippen molar-refractivity contribution >= 4 is 6.09 Å². The number of carbonyl (C=O) groups is 1. The summed E-state index contributed by atoms with van der Waals surface area (Å²) in [6.45, 7) is 13.0. The second-order valence-corrected chi connectivity index (χ2v) is 7.25. The van der Waals surface area contributed by atoms with Crippen LogP contribution in [-0.2, 0) is 11.3 Å². The lowest BCUT2D eigenvalue weighted by molar-refractivity contribution is 0.0112. The Morgan fingerprint density at radius 2 is 2.23 bits per heavy atom. The number of rotatable bonds is 3. The fourth-order valence-corrected chi connectivity index (χ4v) is 2.54. The molecule has 1 fully saturated rings. The van der Waals surface area contributed by atoms with Gasteiger partial charge in [-0.15, -0.1) is 0 Å². The molecule has 1 aliphatic heterocycles. The Hall–Kier alpha value is -1.56. The zero-order valence-corrected chi connectivity index (χ0v) is 14.3. The summed E-state index contributed by atoms with van der Waals surface area (Å²) in [6, 6.07) is 1.93. The predicted molar refractivity (Wildman–Crippen MR) is 85.6 cm³/mol. The van der Waals surface area contributed by atoms with E-state index in [-0.39, 0.29) is 12.1 Å². The smallest absolute Gasteiger partial charge is 0.410 e. The maximum atomic E-state index is 12.4. The van der Waals surface area contributed by atoms with E-state index in [1.54, 1.807) is 4.90 Å². The minimum Gasteiger partial charge on any atom is -0.444 e. The van der Waals surface area contributed by atoms with Gasteiger partial charge in [0.05, 0.1) is 11.7 Å². The van der Waals surface area contributed by atoms with E-state index in [0.717, 1.165) is 18.8 Å². The summed E-state index contributed by atoms with van der Waals surface area (Å²) < 4.78 is 7.47. The molecule has 0 aliphatic carbocycles. The van der Waals surface area contributed by atoms with E-state index in [2.05, 4.69) is 24.3 Å². The molecule has 1 atom stereocenters. The van der Waals surface area contributed by atoms with Crippen molar-refractivity contribution in [1.29, 1.82) is 0 Å². The molecule has 0 radical (unpaired) electrons. The molecule has 0 saturated carbocycles. The highest BCUT2D eigenvalue weighted by atomic mass is 16.6. The Kier molecular flexibility index (Phi) is 5.11. The van der Waals surface area contributed by atoms with Gasteiger partial charge in [-0.2, -0.15) is 5.10 Å². The van der Waals surface area contributed by atoms with Crippen molar-refractivity contribution in [2.75, 3.05) is 19.6 Å². The summed E-state index contributed by atoms with van der Waals surface area (Å²) in [5, 5.41) is 7.96. The quantitative estimate of drug-likeness (QED) is 0.931. The molecule has 1 N–H and O–H groups in total. The lowest BCUT2D eigenvalue weighted by atomic mass is 10.1. The van der Waals surface area contributed by atoms with E-state index in [1.165, 1.54) is 0 Å². The lowest BCUT2D eigenvalue weighted by Crippen LogP contribution is -2.50. The van der Waals surface area contributed by atoms with Crippen LogP contribution in [0.1, 0.15) is 46.4 Å². The maximum absolute atomic E-state index is 12.4. The van der Waals surface area contributed by atoms with Crippen LogP contribution in [-0.4, -0.2) is 46.0 Å². The van der Waals surface area contributed by atoms with Crippen LogP contribution in [0.25, 0.3) is 0 Å². The number of carbonyl (C=O) groups excluding carboxylic acids is 1. The third kappa shape index (κ3) is 4.47. The summed E-state index contributed by atoms with van der Waals surface area (Å²) in [6.07, 6.45) is 1.72. The average Bonchev–Trinajstić information content (AvgIpc) is 2.84. The van der Waals surface area contributed by atoms with E-state index in [1.807, 2.05) is 37.7 Å². The van der Waals surface area contributed by atoms with E-state index in [9.17, 15) is 4.79 Å². The molecule has 6 nitrogen and oxygen atoms in total. The Morgan fingerprint density at radius 1 is 1.50 bits per heavy atom. The molecule has 2 rings (SSSR count). The topological polar surface area (TPSA) is 59.4 Å². The first kappa shape index (κ1) is 16.8. The van der Waals surface area contributed by atoms with Crippen molar-refractivity contribution in [3.05, 3.63) is 18.0 Å². The number of hydrogen-bond donors (Lipinski definition) is 1. The second-order valence-electron chi connectivity index (χ2n) is 7.25. The summed E-state index contributed by atoms with van der Waals surface area (Å²) in [7, 11) is 0. The number of nitrogens with zero attached hydrogens (tertiary/aromatic N) is 3. The van der Waals surface area contributed by atoms with E-state index in [0.29, 0.717) is 19.0 Å². The van der Waals surface area contributed by atoms with Gasteiger partial charge in [0.2, 0.25) is 0 Å². The van der Waals surface area contributed by atoms with Gasteiger partial charge in [0.1, 0.15) is 5.60 Å². The molecule has 1 aromatic heterocycles. The summed E-state index contributed by atoms with van der Waals surface area (Å²) in [4.78, 5) is 14.2. The number of aromatic nitrogens is 2. The summed E-state index contributed by atoms with van der Waals surface area (Å²) in [5.41, 5.74) is 0.433. The zero-order valence-electron chi connectivity index (χ0n) is 14.3. The maximum Gasteiger partial charge on any atom is 0.410 e. The van der Waals surface area contributed by atoms with Gasteiger partial charge < -0.3 is 10.1 Å². The molecule has 0 bridgehead atoms. The Balaban J connectivity index is 2.12. The highest BCUT2D eigenvalue weighted by Crippen LogP contribution is 2.23. The van der Waals surface area contributed by atoms with Gasteiger partial charge in [0, 0.05) is 32.4 Å². The number of nitrogens with one attached hydrogen (secondary N) is 1. The van der Waals surface area contributed by atoms with Crippen molar-refractivity contribution in [1.82, 2.24) is 20.0 Å². The van der Waals surface area contributed by atoms with E-state index in [4.69, 9.17) is 4.74 Å². The molecule has 124 valence electrons. The number of piperazine rings is 1.